The van der Waals surface area contributed by atoms with Gasteiger partial charge in [-0.15, -0.1) is 0 Å². The van der Waals surface area contributed by atoms with E-state index < -0.39 is 27.7 Å². The third-order valence-corrected chi connectivity index (χ3v) is 6.80. The van der Waals surface area contributed by atoms with Gasteiger partial charge in [0, 0.05) is 30.0 Å². The van der Waals surface area contributed by atoms with Crippen LogP contribution in [0.2, 0.25) is 5.02 Å². The summed E-state index contributed by atoms with van der Waals surface area (Å²) >= 11 is 5.87. The van der Waals surface area contributed by atoms with E-state index in [1.807, 2.05) is 10.8 Å². The van der Waals surface area contributed by atoms with Crippen LogP contribution in [-0.2, 0) is 16.6 Å². The molecule has 0 radical (unpaired) electrons. The summed E-state index contributed by atoms with van der Waals surface area (Å²) in [7, 11) is -3.87. The van der Waals surface area contributed by atoms with Crippen molar-refractivity contribution in [3.05, 3.63) is 88.7 Å². The molecule has 8 heteroatoms. The van der Waals surface area contributed by atoms with E-state index in [-0.39, 0.29) is 11.4 Å². The van der Waals surface area contributed by atoms with E-state index >= 15 is 0 Å². The molecule has 1 aliphatic heterocycles. The first-order valence-corrected chi connectivity index (χ1v) is 10.1. The molecule has 0 unspecified atom stereocenters. The number of halogens is 3. The predicted molar refractivity (Wildman–Crippen MR) is 98.0 cm³/mol. The average Bonchev–Trinajstić information content (AvgIpc) is 3.12. The third-order valence-electron chi connectivity index (χ3n) is 4.67. The van der Waals surface area contributed by atoms with Gasteiger partial charge in [0.15, 0.2) is 11.6 Å². The predicted octanol–water partition coefficient (Wildman–Crippen LogP) is 4.21. The first-order chi connectivity index (χ1) is 12.9. The van der Waals surface area contributed by atoms with Crippen molar-refractivity contribution in [3.63, 3.8) is 0 Å². The maximum Gasteiger partial charge on any atom is 0.244 e. The number of rotatable bonds is 3. The van der Waals surface area contributed by atoms with Crippen LogP contribution < -0.4 is 0 Å². The summed E-state index contributed by atoms with van der Waals surface area (Å²) in [5.74, 6) is -1.99. The van der Waals surface area contributed by atoms with Crippen LogP contribution in [0, 0.1) is 11.6 Å². The summed E-state index contributed by atoms with van der Waals surface area (Å²) in [6.07, 6.45) is 1.84. The lowest BCUT2D eigenvalue weighted by Gasteiger charge is -2.36. The zero-order chi connectivity index (χ0) is 19.2. The first-order valence-electron chi connectivity index (χ1n) is 8.25. The van der Waals surface area contributed by atoms with Gasteiger partial charge in [-0.3, -0.25) is 0 Å². The van der Waals surface area contributed by atoms with Crippen LogP contribution in [0.5, 0.6) is 0 Å². The highest BCUT2D eigenvalue weighted by Crippen LogP contribution is 2.37. The number of sulfonamides is 1. The Kier molecular flexibility index (Phi) is 4.53. The van der Waals surface area contributed by atoms with Gasteiger partial charge in [0.25, 0.3) is 0 Å². The summed E-state index contributed by atoms with van der Waals surface area (Å²) in [6.45, 7) is 0.672. The summed E-state index contributed by atoms with van der Waals surface area (Å²) < 4.78 is 57.1. The van der Waals surface area contributed by atoms with Crippen molar-refractivity contribution in [2.24, 2.45) is 0 Å². The quantitative estimate of drug-likeness (QED) is 0.651. The minimum Gasteiger partial charge on any atom is -0.348 e. The van der Waals surface area contributed by atoms with E-state index in [0.717, 1.165) is 12.1 Å². The van der Waals surface area contributed by atoms with Crippen molar-refractivity contribution in [3.8, 4) is 0 Å². The molecule has 0 spiro atoms. The van der Waals surface area contributed by atoms with Gasteiger partial charge in [-0.2, -0.15) is 4.31 Å². The van der Waals surface area contributed by atoms with Crippen LogP contribution in [0.3, 0.4) is 0 Å². The molecule has 0 saturated carbocycles. The molecule has 27 heavy (non-hydrogen) atoms. The molecule has 140 valence electrons. The van der Waals surface area contributed by atoms with Crippen LogP contribution in [0.1, 0.15) is 17.3 Å². The fourth-order valence-corrected chi connectivity index (χ4v) is 5.09. The Morgan fingerprint density at radius 1 is 0.963 bits per heavy atom. The monoisotopic (exact) mass is 408 g/mol. The molecule has 4 nitrogen and oxygen atoms in total. The van der Waals surface area contributed by atoms with Gasteiger partial charge < -0.3 is 4.57 Å². The van der Waals surface area contributed by atoms with Crippen LogP contribution in [0.25, 0.3) is 0 Å². The average molecular weight is 409 g/mol. The fourth-order valence-electron chi connectivity index (χ4n) is 3.38. The standard InChI is InChI=1S/C19H15ClF2N2O2S/c20-14-4-6-15(7-5-14)27(25,26)24-11-10-23-9-1-2-18(23)19(24)13-3-8-16(21)17(22)12-13/h1-9,12,19H,10-11H2/t19-/m0/s1. The molecular weight excluding hydrogens is 394 g/mol. The Bertz CT molecular complexity index is 1100. The minimum atomic E-state index is -3.87. The topological polar surface area (TPSA) is 42.3 Å². The Labute approximate surface area is 160 Å². The van der Waals surface area contributed by atoms with E-state index in [1.165, 1.54) is 34.6 Å². The molecular formula is C19H15ClF2N2O2S. The van der Waals surface area contributed by atoms with Crippen molar-refractivity contribution >= 4 is 21.6 Å². The highest BCUT2D eigenvalue weighted by molar-refractivity contribution is 7.89. The van der Waals surface area contributed by atoms with Crippen molar-refractivity contribution in [1.82, 2.24) is 8.87 Å². The van der Waals surface area contributed by atoms with Gasteiger partial charge in [-0.25, -0.2) is 17.2 Å². The van der Waals surface area contributed by atoms with Crippen molar-refractivity contribution in [2.75, 3.05) is 6.54 Å². The lowest BCUT2D eigenvalue weighted by atomic mass is 10.0. The van der Waals surface area contributed by atoms with Gasteiger partial charge in [0.05, 0.1) is 10.9 Å². The highest BCUT2D eigenvalue weighted by Gasteiger charge is 2.37. The molecule has 0 amide bonds. The molecule has 0 saturated heterocycles. The minimum absolute atomic E-state index is 0.0967. The molecule has 0 N–H and O–H groups in total. The molecule has 0 aliphatic carbocycles. The summed E-state index contributed by atoms with van der Waals surface area (Å²) in [5.41, 5.74) is 1.07. The van der Waals surface area contributed by atoms with Crippen molar-refractivity contribution in [2.45, 2.75) is 17.5 Å². The van der Waals surface area contributed by atoms with Crippen molar-refractivity contribution in [1.29, 1.82) is 0 Å². The third kappa shape index (κ3) is 3.16. The molecule has 3 aromatic rings. The molecule has 1 aromatic heterocycles. The Hall–Kier alpha value is -2.22. The SMILES string of the molecule is O=S(=O)(c1ccc(Cl)cc1)N1CCn2cccc2[C@@H]1c1ccc(F)c(F)c1. The molecule has 1 aliphatic rings. The van der Waals surface area contributed by atoms with Crippen LogP contribution >= 0.6 is 11.6 Å². The smallest absolute Gasteiger partial charge is 0.244 e. The second-order valence-electron chi connectivity index (χ2n) is 6.27. The molecule has 2 heterocycles. The molecule has 1 atom stereocenters. The molecule has 4 rings (SSSR count). The summed E-state index contributed by atoms with van der Waals surface area (Å²) in [4.78, 5) is 0.0967. The number of fused-ring (bicyclic) bond motifs is 1. The number of hydrogen-bond donors (Lipinski definition) is 0. The van der Waals surface area contributed by atoms with E-state index in [9.17, 15) is 17.2 Å². The summed E-state index contributed by atoms with van der Waals surface area (Å²) in [5, 5.41) is 0.429. The van der Waals surface area contributed by atoms with Crippen molar-refractivity contribution < 1.29 is 17.2 Å². The van der Waals surface area contributed by atoms with Gasteiger partial charge in [-0.05, 0) is 54.1 Å². The maximum absolute atomic E-state index is 13.9. The maximum atomic E-state index is 13.9. The summed E-state index contributed by atoms with van der Waals surface area (Å²) in [6, 6.07) is 12.2. The van der Waals surface area contributed by atoms with Gasteiger partial charge >= 0.3 is 0 Å². The largest absolute Gasteiger partial charge is 0.348 e. The normalized spacial score (nSPS) is 17.7. The second-order valence-corrected chi connectivity index (χ2v) is 8.60. The number of aromatic nitrogens is 1. The van der Waals surface area contributed by atoms with Gasteiger partial charge in [-0.1, -0.05) is 17.7 Å². The lowest BCUT2D eigenvalue weighted by molar-refractivity contribution is 0.297. The zero-order valence-corrected chi connectivity index (χ0v) is 15.6. The Morgan fingerprint density at radius 3 is 2.41 bits per heavy atom. The van der Waals surface area contributed by atoms with E-state index in [4.69, 9.17) is 11.6 Å². The van der Waals surface area contributed by atoms with E-state index in [2.05, 4.69) is 0 Å². The number of benzene rings is 2. The Balaban J connectivity index is 1.85. The van der Waals surface area contributed by atoms with E-state index in [0.29, 0.717) is 22.8 Å². The van der Waals surface area contributed by atoms with Gasteiger partial charge in [0.2, 0.25) is 10.0 Å². The van der Waals surface area contributed by atoms with Crippen LogP contribution in [-0.4, -0.2) is 23.8 Å². The zero-order valence-electron chi connectivity index (χ0n) is 14.0. The highest BCUT2D eigenvalue weighted by atomic mass is 35.5. The number of hydrogen-bond acceptors (Lipinski definition) is 2. The van der Waals surface area contributed by atoms with Crippen LogP contribution in [0.15, 0.2) is 65.7 Å². The van der Waals surface area contributed by atoms with Gasteiger partial charge in [0.1, 0.15) is 0 Å². The first kappa shape index (κ1) is 18.2. The molecule has 0 fully saturated rings. The molecule has 2 aromatic carbocycles. The van der Waals surface area contributed by atoms with E-state index in [1.54, 1.807) is 12.1 Å². The van der Waals surface area contributed by atoms with Crippen LogP contribution in [0.4, 0.5) is 8.78 Å². The number of nitrogens with zero attached hydrogens (tertiary/aromatic N) is 2. The fraction of sp³-hybridized carbons (Fsp3) is 0.158. The second kappa shape index (κ2) is 6.74. The molecule has 0 bridgehead atoms. The lowest BCUT2D eigenvalue weighted by Crippen LogP contribution is -2.42. The Morgan fingerprint density at radius 2 is 1.70 bits per heavy atom.